The predicted octanol–water partition coefficient (Wildman–Crippen LogP) is 2.85. The van der Waals surface area contributed by atoms with Crippen LogP contribution in [0.25, 0.3) is 0 Å². The molecular weight excluding hydrogens is 274 g/mol. The lowest BCUT2D eigenvalue weighted by Crippen LogP contribution is -2.35. The first-order valence-electron chi connectivity index (χ1n) is 7.98. The fraction of sp³-hybridized carbons (Fsp3) is 0.579. The van der Waals surface area contributed by atoms with Crippen molar-refractivity contribution < 1.29 is 9.84 Å². The predicted molar refractivity (Wildman–Crippen MR) is 91.6 cm³/mol. The standard InChI is InChI=1S/C19H29NO2/c1-5-11-22-15-19(21)14-20(10-9-16(2)3)13-18-8-6-7-17(4)12-18/h1,6-8,12,16,19,21H,9-11,13-15H2,2-4H3/t19-/m0/s1. The Morgan fingerprint density at radius 3 is 2.77 bits per heavy atom. The van der Waals surface area contributed by atoms with Gasteiger partial charge in [-0.1, -0.05) is 49.6 Å². The largest absolute Gasteiger partial charge is 0.389 e. The molecule has 1 rings (SSSR count). The number of terminal acetylenes is 1. The average Bonchev–Trinajstić information content (AvgIpc) is 2.45. The van der Waals surface area contributed by atoms with Crippen LogP contribution in [0.1, 0.15) is 31.4 Å². The zero-order valence-corrected chi connectivity index (χ0v) is 14.1. The van der Waals surface area contributed by atoms with E-state index < -0.39 is 6.10 Å². The van der Waals surface area contributed by atoms with Crippen LogP contribution in [0, 0.1) is 25.2 Å². The van der Waals surface area contributed by atoms with Gasteiger partial charge < -0.3 is 9.84 Å². The van der Waals surface area contributed by atoms with Crippen LogP contribution in [0.4, 0.5) is 0 Å². The number of benzene rings is 1. The number of aliphatic hydroxyl groups is 1. The van der Waals surface area contributed by atoms with Crippen LogP contribution in [-0.2, 0) is 11.3 Å². The molecule has 0 unspecified atom stereocenters. The molecule has 3 nitrogen and oxygen atoms in total. The van der Waals surface area contributed by atoms with Gasteiger partial charge in [0.25, 0.3) is 0 Å². The molecule has 0 aliphatic heterocycles. The number of hydrogen-bond acceptors (Lipinski definition) is 3. The van der Waals surface area contributed by atoms with Gasteiger partial charge in [0.2, 0.25) is 0 Å². The molecule has 0 radical (unpaired) electrons. The topological polar surface area (TPSA) is 32.7 Å². The fourth-order valence-corrected chi connectivity index (χ4v) is 2.35. The maximum atomic E-state index is 10.1. The van der Waals surface area contributed by atoms with Gasteiger partial charge in [-0.15, -0.1) is 6.42 Å². The molecule has 0 fully saturated rings. The van der Waals surface area contributed by atoms with E-state index in [2.05, 4.69) is 55.9 Å². The van der Waals surface area contributed by atoms with Crippen molar-refractivity contribution >= 4 is 0 Å². The van der Waals surface area contributed by atoms with Gasteiger partial charge in [0.15, 0.2) is 0 Å². The summed E-state index contributed by atoms with van der Waals surface area (Å²) in [5.41, 5.74) is 2.54. The summed E-state index contributed by atoms with van der Waals surface area (Å²) in [4.78, 5) is 2.29. The lowest BCUT2D eigenvalue weighted by Gasteiger charge is -2.26. The van der Waals surface area contributed by atoms with E-state index in [1.165, 1.54) is 11.1 Å². The van der Waals surface area contributed by atoms with Crippen LogP contribution in [-0.4, -0.2) is 42.4 Å². The minimum atomic E-state index is -0.509. The van der Waals surface area contributed by atoms with Crippen molar-refractivity contribution in [3.8, 4) is 12.3 Å². The fourth-order valence-electron chi connectivity index (χ4n) is 2.35. The average molecular weight is 303 g/mol. The molecule has 0 bridgehead atoms. The molecule has 0 aliphatic carbocycles. The Morgan fingerprint density at radius 2 is 2.14 bits per heavy atom. The maximum absolute atomic E-state index is 10.1. The summed E-state index contributed by atoms with van der Waals surface area (Å²) in [5.74, 6) is 3.06. The number of nitrogens with zero attached hydrogens (tertiary/aromatic N) is 1. The summed E-state index contributed by atoms with van der Waals surface area (Å²) < 4.78 is 5.23. The smallest absolute Gasteiger partial charge is 0.107 e. The Kier molecular flexibility index (Phi) is 8.84. The second-order valence-corrected chi connectivity index (χ2v) is 6.28. The van der Waals surface area contributed by atoms with Gasteiger partial charge in [0.05, 0.1) is 12.7 Å². The molecule has 122 valence electrons. The summed E-state index contributed by atoms with van der Waals surface area (Å²) in [6.45, 7) is 9.50. The van der Waals surface area contributed by atoms with Crippen LogP contribution in [0.2, 0.25) is 0 Å². The summed E-state index contributed by atoms with van der Waals surface area (Å²) in [6, 6.07) is 8.52. The van der Waals surface area contributed by atoms with Gasteiger partial charge in [-0.2, -0.15) is 0 Å². The number of rotatable bonds is 10. The van der Waals surface area contributed by atoms with Crippen molar-refractivity contribution in [2.24, 2.45) is 5.92 Å². The van der Waals surface area contributed by atoms with Crippen molar-refractivity contribution in [1.29, 1.82) is 0 Å². The van der Waals surface area contributed by atoms with Gasteiger partial charge in [0.1, 0.15) is 6.61 Å². The Hall–Kier alpha value is -1.34. The Morgan fingerprint density at radius 1 is 1.36 bits per heavy atom. The summed E-state index contributed by atoms with van der Waals surface area (Å²) in [6.07, 6.45) is 5.75. The van der Waals surface area contributed by atoms with Crippen molar-refractivity contribution in [3.05, 3.63) is 35.4 Å². The van der Waals surface area contributed by atoms with E-state index in [-0.39, 0.29) is 13.2 Å². The van der Waals surface area contributed by atoms with Gasteiger partial charge in [-0.05, 0) is 31.4 Å². The molecule has 1 atom stereocenters. The molecule has 0 aromatic heterocycles. The molecular formula is C19H29NO2. The molecule has 1 aromatic carbocycles. The molecule has 0 saturated heterocycles. The molecule has 0 heterocycles. The van der Waals surface area contributed by atoms with Crippen molar-refractivity contribution in [1.82, 2.24) is 4.90 Å². The Labute approximate surface area is 135 Å². The van der Waals surface area contributed by atoms with Gasteiger partial charge >= 0.3 is 0 Å². The van der Waals surface area contributed by atoms with Crippen molar-refractivity contribution in [3.63, 3.8) is 0 Å². The third kappa shape index (κ3) is 8.19. The highest BCUT2D eigenvalue weighted by molar-refractivity contribution is 5.22. The number of aryl methyl sites for hydroxylation is 1. The molecule has 22 heavy (non-hydrogen) atoms. The van der Waals surface area contributed by atoms with E-state index in [9.17, 15) is 5.11 Å². The monoisotopic (exact) mass is 303 g/mol. The highest BCUT2D eigenvalue weighted by atomic mass is 16.5. The summed E-state index contributed by atoms with van der Waals surface area (Å²) in [5, 5.41) is 10.1. The van der Waals surface area contributed by atoms with Crippen molar-refractivity contribution in [2.45, 2.75) is 39.8 Å². The van der Waals surface area contributed by atoms with Crippen LogP contribution < -0.4 is 0 Å². The van der Waals surface area contributed by atoms with E-state index in [0.29, 0.717) is 12.5 Å². The van der Waals surface area contributed by atoms with Gasteiger partial charge in [-0.25, -0.2) is 0 Å². The third-order valence-electron chi connectivity index (χ3n) is 3.48. The normalized spacial score (nSPS) is 12.6. The first-order chi connectivity index (χ1) is 10.5. The highest BCUT2D eigenvalue weighted by Gasteiger charge is 2.13. The van der Waals surface area contributed by atoms with E-state index in [0.717, 1.165) is 19.5 Å². The van der Waals surface area contributed by atoms with E-state index in [1.54, 1.807) is 0 Å². The lowest BCUT2D eigenvalue weighted by molar-refractivity contribution is 0.0252. The number of ether oxygens (including phenoxy) is 1. The van der Waals surface area contributed by atoms with Gasteiger partial charge in [0, 0.05) is 13.1 Å². The first kappa shape index (κ1) is 18.7. The molecule has 0 saturated carbocycles. The second-order valence-electron chi connectivity index (χ2n) is 6.28. The summed E-state index contributed by atoms with van der Waals surface area (Å²) >= 11 is 0. The van der Waals surface area contributed by atoms with E-state index in [1.807, 2.05) is 0 Å². The quantitative estimate of drug-likeness (QED) is 0.533. The zero-order chi connectivity index (χ0) is 16.4. The van der Waals surface area contributed by atoms with Crippen LogP contribution in [0.3, 0.4) is 0 Å². The van der Waals surface area contributed by atoms with Crippen LogP contribution >= 0.6 is 0 Å². The van der Waals surface area contributed by atoms with Gasteiger partial charge in [-0.3, -0.25) is 4.90 Å². The van der Waals surface area contributed by atoms with E-state index >= 15 is 0 Å². The molecule has 1 aromatic rings. The zero-order valence-electron chi connectivity index (χ0n) is 14.1. The highest BCUT2D eigenvalue weighted by Crippen LogP contribution is 2.11. The number of aliphatic hydroxyl groups excluding tert-OH is 1. The Balaban J connectivity index is 2.57. The van der Waals surface area contributed by atoms with Crippen molar-refractivity contribution in [2.75, 3.05) is 26.3 Å². The second kappa shape index (κ2) is 10.4. The van der Waals surface area contributed by atoms with Crippen LogP contribution in [0.5, 0.6) is 0 Å². The Bertz CT molecular complexity index is 465. The number of hydrogen-bond donors (Lipinski definition) is 1. The SMILES string of the molecule is C#CCOC[C@@H](O)CN(CCC(C)C)Cc1cccc(C)c1. The van der Waals surface area contributed by atoms with Crippen LogP contribution in [0.15, 0.2) is 24.3 Å². The molecule has 3 heteroatoms. The van der Waals surface area contributed by atoms with E-state index in [4.69, 9.17) is 11.2 Å². The molecule has 0 spiro atoms. The third-order valence-corrected chi connectivity index (χ3v) is 3.48. The minimum Gasteiger partial charge on any atom is -0.389 e. The first-order valence-corrected chi connectivity index (χ1v) is 7.98. The molecule has 1 N–H and O–H groups in total. The maximum Gasteiger partial charge on any atom is 0.107 e. The molecule has 0 aliphatic rings. The lowest BCUT2D eigenvalue weighted by atomic mass is 10.1. The minimum absolute atomic E-state index is 0.251. The summed E-state index contributed by atoms with van der Waals surface area (Å²) in [7, 11) is 0. The molecule has 0 amide bonds.